The predicted octanol–water partition coefficient (Wildman–Crippen LogP) is 2.66. The summed E-state index contributed by atoms with van der Waals surface area (Å²) in [7, 11) is 1.72. The predicted molar refractivity (Wildman–Crippen MR) is 86.5 cm³/mol. The Hall–Kier alpha value is -0.810. The lowest BCUT2D eigenvalue weighted by Crippen LogP contribution is -2.40. The molecule has 0 radical (unpaired) electrons. The average molecular weight is 302 g/mol. The molecule has 5 heteroatoms. The zero-order valence-electron chi connectivity index (χ0n) is 14.8. The second-order valence-corrected chi connectivity index (χ2v) is 7.11. The first kappa shape index (κ1) is 20.2. The molecule has 0 aromatic rings. The maximum Gasteiger partial charge on any atom is 0.407 e. The Labute approximate surface area is 130 Å². The number of methoxy groups -OCH3 is 1. The van der Waals surface area contributed by atoms with Crippen LogP contribution in [0.25, 0.3) is 0 Å². The fraction of sp³-hybridized carbons (Fsp3) is 0.938. The molecule has 0 aliphatic rings. The zero-order chi connectivity index (χ0) is 16.5. The highest BCUT2D eigenvalue weighted by Gasteiger charge is 2.19. The van der Waals surface area contributed by atoms with Crippen LogP contribution in [0.4, 0.5) is 4.79 Å². The standard InChI is InChI=1S/C16H34N2O3/c1-12(2)14(9-17-8-13(3)11-20-7)10-18-15(19)21-16(4,5)6/h12-14,17H,8-11H2,1-7H3,(H,18,19). The van der Waals surface area contributed by atoms with Gasteiger partial charge in [-0.25, -0.2) is 4.79 Å². The van der Waals surface area contributed by atoms with Gasteiger partial charge in [0.1, 0.15) is 5.60 Å². The summed E-state index contributed by atoms with van der Waals surface area (Å²) in [5.74, 6) is 1.36. The van der Waals surface area contributed by atoms with Crippen LogP contribution in [-0.4, -0.2) is 45.0 Å². The van der Waals surface area contributed by atoms with Gasteiger partial charge in [-0.2, -0.15) is 0 Å². The molecule has 0 bridgehead atoms. The fourth-order valence-corrected chi connectivity index (χ4v) is 1.93. The minimum Gasteiger partial charge on any atom is -0.444 e. The second-order valence-electron chi connectivity index (χ2n) is 7.11. The van der Waals surface area contributed by atoms with Crippen LogP contribution >= 0.6 is 0 Å². The smallest absolute Gasteiger partial charge is 0.407 e. The Kier molecular flexibility index (Phi) is 9.62. The van der Waals surface area contributed by atoms with E-state index in [4.69, 9.17) is 9.47 Å². The van der Waals surface area contributed by atoms with E-state index in [-0.39, 0.29) is 6.09 Å². The largest absolute Gasteiger partial charge is 0.444 e. The first-order chi connectivity index (χ1) is 9.65. The van der Waals surface area contributed by atoms with Crippen molar-refractivity contribution < 1.29 is 14.3 Å². The monoisotopic (exact) mass is 302 g/mol. The normalized spacial score (nSPS) is 14.9. The highest BCUT2D eigenvalue weighted by molar-refractivity contribution is 5.67. The molecular weight excluding hydrogens is 268 g/mol. The van der Waals surface area contributed by atoms with E-state index in [2.05, 4.69) is 31.4 Å². The molecule has 2 atom stereocenters. The van der Waals surface area contributed by atoms with Gasteiger partial charge in [-0.3, -0.25) is 0 Å². The Bertz CT molecular complexity index is 288. The van der Waals surface area contributed by atoms with Crippen molar-refractivity contribution in [3.05, 3.63) is 0 Å². The summed E-state index contributed by atoms with van der Waals surface area (Å²) in [5.41, 5.74) is -0.453. The molecule has 0 aromatic heterocycles. The highest BCUT2D eigenvalue weighted by Crippen LogP contribution is 2.10. The van der Waals surface area contributed by atoms with Gasteiger partial charge in [-0.05, 0) is 51.6 Å². The molecular formula is C16H34N2O3. The quantitative estimate of drug-likeness (QED) is 0.687. The number of hydrogen-bond donors (Lipinski definition) is 2. The van der Waals surface area contributed by atoms with Crippen molar-refractivity contribution in [2.45, 2.75) is 47.1 Å². The Morgan fingerprint density at radius 1 is 1.10 bits per heavy atom. The molecule has 2 unspecified atom stereocenters. The molecule has 0 aliphatic carbocycles. The van der Waals surface area contributed by atoms with Crippen molar-refractivity contribution in [1.29, 1.82) is 0 Å². The lowest BCUT2D eigenvalue weighted by molar-refractivity contribution is 0.0514. The number of carbonyl (C=O) groups excluding carboxylic acids is 1. The third-order valence-corrected chi connectivity index (χ3v) is 3.20. The lowest BCUT2D eigenvalue weighted by Gasteiger charge is -2.24. The first-order valence-electron chi connectivity index (χ1n) is 7.82. The molecule has 1 amide bonds. The number of nitrogens with one attached hydrogen (secondary N) is 2. The van der Waals surface area contributed by atoms with Gasteiger partial charge in [0.15, 0.2) is 0 Å². The molecule has 0 aliphatic heterocycles. The fourth-order valence-electron chi connectivity index (χ4n) is 1.93. The first-order valence-corrected chi connectivity index (χ1v) is 7.82. The van der Waals surface area contributed by atoms with E-state index in [0.29, 0.717) is 24.3 Å². The summed E-state index contributed by atoms with van der Waals surface area (Å²) in [6.07, 6.45) is -0.346. The van der Waals surface area contributed by atoms with Crippen LogP contribution in [-0.2, 0) is 9.47 Å². The van der Waals surface area contributed by atoms with Gasteiger partial charge in [0, 0.05) is 20.3 Å². The number of hydrogen-bond acceptors (Lipinski definition) is 4. The van der Waals surface area contributed by atoms with Crippen molar-refractivity contribution in [3.63, 3.8) is 0 Å². The summed E-state index contributed by atoms with van der Waals surface area (Å²) >= 11 is 0. The molecule has 21 heavy (non-hydrogen) atoms. The van der Waals surface area contributed by atoms with Gasteiger partial charge in [-0.1, -0.05) is 20.8 Å². The summed E-state index contributed by atoms with van der Waals surface area (Å²) < 4.78 is 10.4. The lowest BCUT2D eigenvalue weighted by atomic mass is 9.95. The molecule has 0 saturated carbocycles. The summed E-state index contributed by atoms with van der Waals surface area (Å²) in [6, 6.07) is 0. The Balaban J connectivity index is 4.05. The topological polar surface area (TPSA) is 59.6 Å². The third kappa shape index (κ3) is 11.5. The van der Waals surface area contributed by atoms with E-state index in [1.807, 2.05) is 20.8 Å². The molecule has 0 aromatic carbocycles. The van der Waals surface area contributed by atoms with Gasteiger partial charge in [0.2, 0.25) is 0 Å². The second kappa shape index (κ2) is 10.0. The van der Waals surface area contributed by atoms with Crippen molar-refractivity contribution in [2.75, 3.05) is 33.4 Å². The van der Waals surface area contributed by atoms with Gasteiger partial charge < -0.3 is 20.1 Å². The van der Waals surface area contributed by atoms with E-state index >= 15 is 0 Å². The Morgan fingerprint density at radius 2 is 1.71 bits per heavy atom. The molecule has 0 fully saturated rings. The van der Waals surface area contributed by atoms with E-state index < -0.39 is 5.60 Å². The highest BCUT2D eigenvalue weighted by atomic mass is 16.6. The van der Waals surface area contributed by atoms with Gasteiger partial charge in [0.05, 0.1) is 0 Å². The maximum atomic E-state index is 11.7. The molecule has 5 nitrogen and oxygen atoms in total. The van der Waals surface area contributed by atoms with Crippen molar-refractivity contribution >= 4 is 6.09 Å². The molecule has 0 heterocycles. The average Bonchev–Trinajstić information content (AvgIpc) is 2.31. The van der Waals surface area contributed by atoms with Gasteiger partial charge >= 0.3 is 6.09 Å². The van der Waals surface area contributed by atoms with Gasteiger partial charge in [-0.15, -0.1) is 0 Å². The van der Waals surface area contributed by atoms with Crippen LogP contribution in [0.15, 0.2) is 0 Å². The van der Waals surface area contributed by atoms with Crippen LogP contribution < -0.4 is 10.6 Å². The number of carbonyl (C=O) groups is 1. The molecule has 0 saturated heterocycles. The summed E-state index contributed by atoms with van der Waals surface area (Å²) in [6.45, 7) is 15.3. The zero-order valence-corrected chi connectivity index (χ0v) is 14.8. The SMILES string of the molecule is COCC(C)CNCC(CNC(=O)OC(C)(C)C)C(C)C. The van der Waals surface area contributed by atoms with Crippen LogP contribution in [0.3, 0.4) is 0 Å². The summed E-state index contributed by atoms with van der Waals surface area (Å²) in [4.78, 5) is 11.7. The van der Waals surface area contributed by atoms with Crippen LogP contribution in [0.1, 0.15) is 41.5 Å². The van der Waals surface area contributed by atoms with E-state index in [1.54, 1.807) is 7.11 Å². The summed E-state index contributed by atoms with van der Waals surface area (Å²) in [5, 5.41) is 6.31. The molecule has 126 valence electrons. The number of alkyl carbamates (subject to hydrolysis) is 1. The molecule has 2 N–H and O–H groups in total. The minimum atomic E-state index is -0.453. The number of rotatable bonds is 9. The maximum absolute atomic E-state index is 11.7. The van der Waals surface area contributed by atoms with Crippen molar-refractivity contribution in [2.24, 2.45) is 17.8 Å². The number of amides is 1. The Morgan fingerprint density at radius 3 is 2.19 bits per heavy atom. The molecule has 0 rings (SSSR count). The minimum absolute atomic E-state index is 0.346. The number of ether oxygens (including phenoxy) is 2. The van der Waals surface area contributed by atoms with Crippen molar-refractivity contribution in [3.8, 4) is 0 Å². The van der Waals surface area contributed by atoms with Crippen molar-refractivity contribution in [1.82, 2.24) is 10.6 Å². The molecule has 0 spiro atoms. The van der Waals surface area contributed by atoms with E-state index in [9.17, 15) is 4.79 Å². The van der Waals surface area contributed by atoms with Gasteiger partial charge in [0.25, 0.3) is 0 Å². The van der Waals surface area contributed by atoms with E-state index in [1.165, 1.54) is 0 Å². The van der Waals surface area contributed by atoms with E-state index in [0.717, 1.165) is 19.7 Å². The van der Waals surface area contributed by atoms with Crippen LogP contribution in [0.2, 0.25) is 0 Å². The van der Waals surface area contributed by atoms with Crippen LogP contribution in [0, 0.1) is 17.8 Å². The third-order valence-electron chi connectivity index (χ3n) is 3.20. The van der Waals surface area contributed by atoms with Crippen LogP contribution in [0.5, 0.6) is 0 Å².